The highest BCUT2D eigenvalue weighted by Gasteiger charge is 1.96. The Morgan fingerprint density at radius 2 is 2.33 bits per heavy atom. The lowest BCUT2D eigenvalue weighted by atomic mass is 10.4. The van der Waals surface area contributed by atoms with E-state index in [1.165, 1.54) is 6.08 Å². The lowest BCUT2D eigenvalue weighted by Gasteiger charge is -2.00. The molecule has 0 fully saturated rings. The highest BCUT2D eigenvalue weighted by molar-refractivity contribution is 7.99. The van der Waals surface area contributed by atoms with E-state index >= 15 is 0 Å². The Bertz CT molecular complexity index is 164. The summed E-state index contributed by atoms with van der Waals surface area (Å²) in [7, 11) is 0. The number of rotatable bonds is 5. The van der Waals surface area contributed by atoms with E-state index in [0.717, 1.165) is 11.5 Å². The third-order valence-corrected chi connectivity index (χ3v) is 1.89. The minimum atomic E-state index is -0.355. The molecule has 0 unspecified atom stereocenters. The summed E-state index contributed by atoms with van der Waals surface area (Å²) in [6.07, 6.45) is 1.29. The molecule has 2 N–H and O–H groups in total. The van der Waals surface area contributed by atoms with Gasteiger partial charge in [0.2, 0.25) is 0 Å². The Morgan fingerprint density at radius 3 is 2.83 bits per heavy atom. The van der Waals surface area contributed by atoms with E-state index in [1.807, 2.05) is 0 Å². The van der Waals surface area contributed by atoms with E-state index in [2.05, 4.69) is 6.92 Å². The largest absolute Gasteiger partial charge is 0.462 e. The van der Waals surface area contributed by atoms with Crippen molar-refractivity contribution in [1.29, 1.82) is 0 Å². The average Bonchev–Trinajstić information content (AvgIpc) is 1.97. The quantitative estimate of drug-likeness (QED) is 0.400. The number of nitrogens with two attached hydrogens (primary N) is 1. The number of hydrogen-bond donors (Lipinski definition) is 1. The predicted octanol–water partition coefficient (Wildman–Crippen LogP) is 1.15. The van der Waals surface area contributed by atoms with Gasteiger partial charge in [-0.3, -0.25) is 0 Å². The minimum absolute atomic E-state index is 0.355. The molecule has 0 aliphatic rings. The lowest BCUT2D eigenvalue weighted by Crippen LogP contribution is -2.06. The number of esters is 1. The van der Waals surface area contributed by atoms with Gasteiger partial charge >= 0.3 is 5.97 Å². The zero-order valence-electron chi connectivity index (χ0n) is 7.50. The summed E-state index contributed by atoms with van der Waals surface area (Å²) >= 11 is 1.74. The molecule has 0 aliphatic heterocycles. The Kier molecular flexibility index (Phi) is 6.66. The molecule has 0 heterocycles. The van der Waals surface area contributed by atoms with Crippen LogP contribution in [-0.4, -0.2) is 24.1 Å². The molecule has 0 aromatic carbocycles. The van der Waals surface area contributed by atoms with Crippen LogP contribution in [0.5, 0.6) is 0 Å². The zero-order chi connectivity index (χ0) is 9.40. The summed E-state index contributed by atoms with van der Waals surface area (Å²) in [6.45, 7) is 4.18. The summed E-state index contributed by atoms with van der Waals surface area (Å²) in [5, 5.41) is 0. The van der Waals surface area contributed by atoms with Crippen LogP contribution in [0.25, 0.3) is 0 Å². The Labute approximate surface area is 77.3 Å². The van der Waals surface area contributed by atoms with E-state index in [4.69, 9.17) is 10.5 Å². The van der Waals surface area contributed by atoms with Gasteiger partial charge in [0.25, 0.3) is 0 Å². The highest BCUT2D eigenvalue weighted by atomic mass is 32.2. The number of hydrogen-bond acceptors (Lipinski definition) is 4. The van der Waals surface area contributed by atoms with Crippen molar-refractivity contribution in [2.45, 2.75) is 13.8 Å². The third kappa shape index (κ3) is 7.47. The summed E-state index contributed by atoms with van der Waals surface area (Å²) in [6, 6.07) is 0. The number of thioether (sulfide) groups is 1. The van der Waals surface area contributed by atoms with Gasteiger partial charge in [-0.05, 0) is 12.7 Å². The first-order chi connectivity index (χ1) is 5.66. The highest BCUT2D eigenvalue weighted by Crippen LogP contribution is 1.97. The van der Waals surface area contributed by atoms with Crippen molar-refractivity contribution >= 4 is 17.7 Å². The number of carbonyl (C=O) groups excluding carboxylic acids is 1. The van der Waals surface area contributed by atoms with Gasteiger partial charge in [0.05, 0.1) is 0 Å². The van der Waals surface area contributed by atoms with Gasteiger partial charge < -0.3 is 10.5 Å². The van der Waals surface area contributed by atoms with Gasteiger partial charge in [0.1, 0.15) is 6.61 Å². The first kappa shape index (κ1) is 11.4. The van der Waals surface area contributed by atoms with Crippen molar-refractivity contribution in [1.82, 2.24) is 0 Å². The Hall–Kier alpha value is -0.640. The first-order valence-corrected chi connectivity index (χ1v) is 5.00. The molecule has 0 spiro atoms. The zero-order valence-corrected chi connectivity index (χ0v) is 8.32. The van der Waals surface area contributed by atoms with E-state index in [9.17, 15) is 4.79 Å². The molecule has 0 rings (SSSR count). The molecule has 4 heteroatoms. The molecular formula is C8H15NO2S. The fraction of sp³-hybridized carbons (Fsp3) is 0.625. The first-order valence-electron chi connectivity index (χ1n) is 3.85. The molecule has 0 radical (unpaired) electrons. The monoisotopic (exact) mass is 189 g/mol. The van der Waals surface area contributed by atoms with E-state index in [1.54, 1.807) is 18.7 Å². The van der Waals surface area contributed by atoms with Crippen LogP contribution in [0.15, 0.2) is 11.8 Å². The molecule has 0 atom stereocenters. The summed E-state index contributed by atoms with van der Waals surface area (Å²) in [5.41, 5.74) is 5.75. The standard InChI is InChI=1S/C8H15NO2S/c1-3-12-5-4-11-8(10)6-7(2)9/h6H,3-5,9H2,1-2H3. The maximum Gasteiger partial charge on any atom is 0.332 e. The topological polar surface area (TPSA) is 52.3 Å². The molecule has 0 aliphatic carbocycles. The van der Waals surface area contributed by atoms with Crippen molar-refractivity contribution in [3.05, 3.63) is 11.8 Å². The van der Waals surface area contributed by atoms with Crippen molar-refractivity contribution in [3.8, 4) is 0 Å². The fourth-order valence-corrected chi connectivity index (χ4v) is 1.06. The molecule has 0 aromatic rings. The predicted molar refractivity (Wildman–Crippen MR) is 51.9 cm³/mol. The SMILES string of the molecule is CCSCCOC(=O)C=C(C)N. The van der Waals surface area contributed by atoms with E-state index < -0.39 is 0 Å². The molecule has 70 valence electrons. The van der Waals surface area contributed by atoms with Crippen LogP contribution >= 0.6 is 11.8 Å². The summed E-state index contributed by atoms with van der Waals surface area (Å²) in [4.78, 5) is 10.8. The van der Waals surface area contributed by atoms with Crippen LogP contribution in [0.3, 0.4) is 0 Å². The van der Waals surface area contributed by atoms with Crippen LogP contribution in [-0.2, 0) is 9.53 Å². The molecule has 0 amide bonds. The van der Waals surface area contributed by atoms with Crippen LogP contribution < -0.4 is 5.73 Å². The molecular weight excluding hydrogens is 174 g/mol. The van der Waals surface area contributed by atoms with Crippen molar-refractivity contribution in [3.63, 3.8) is 0 Å². The number of ether oxygens (including phenoxy) is 1. The van der Waals surface area contributed by atoms with Crippen LogP contribution in [0.4, 0.5) is 0 Å². The van der Waals surface area contributed by atoms with E-state index in [-0.39, 0.29) is 5.97 Å². The van der Waals surface area contributed by atoms with Crippen molar-refractivity contribution < 1.29 is 9.53 Å². The van der Waals surface area contributed by atoms with Gasteiger partial charge in [-0.15, -0.1) is 0 Å². The van der Waals surface area contributed by atoms with Gasteiger partial charge in [0.15, 0.2) is 0 Å². The minimum Gasteiger partial charge on any atom is -0.462 e. The summed E-state index contributed by atoms with van der Waals surface area (Å²) in [5.74, 6) is 1.54. The van der Waals surface area contributed by atoms with Gasteiger partial charge in [-0.1, -0.05) is 6.92 Å². The molecule has 0 saturated heterocycles. The Balaban J connectivity index is 3.39. The van der Waals surface area contributed by atoms with Crippen molar-refractivity contribution in [2.75, 3.05) is 18.1 Å². The fourth-order valence-electron chi connectivity index (χ4n) is 0.573. The molecule has 0 aromatic heterocycles. The number of allylic oxidation sites excluding steroid dienone is 1. The van der Waals surface area contributed by atoms with Crippen molar-refractivity contribution in [2.24, 2.45) is 5.73 Å². The second-order valence-corrected chi connectivity index (χ2v) is 3.65. The van der Waals surface area contributed by atoms with Gasteiger partial charge in [0, 0.05) is 17.5 Å². The Morgan fingerprint density at radius 1 is 1.67 bits per heavy atom. The summed E-state index contributed by atoms with van der Waals surface area (Å²) < 4.78 is 4.84. The van der Waals surface area contributed by atoms with Crippen LogP contribution in [0.2, 0.25) is 0 Å². The van der Waals surface area contributed by atoms with E-state index in [0.29, 0.717) is 12.3 Å². The average molecular weight is 189 g/mol. The normalized spacial score (nSPS) is 11.3. The number of carbonyl (C=O) groups is 1. The molecule has 0 bridgehead atoms. The van der Waals surface area contributed by atoms with Gasteiger partial charge in [-0.25, -0.2) is 4.79 Å². The van der Waals surface area contributed by atoms with Gasteiger partial charge in [-0.2, -0.15) is 11.8 Å². The van der Waals surface area contributed by atoms with Crippen LogP contribution in [0.1, 0.15) is 13.8 Å². The maximum atomic E-state index is 10.8. The molecule has 0 saturated carbocycles. The third-order valence-electron chi connectivity index (χ3n) is 1.02. The molecule has 3 nitrogen and oxygen atoms in total. The second-order valence-electron chi connectivity index (χ2n) is 2.25. The van der Waals surface area contributed by atoms with Crippen LogP contribution in [0, 0.1) is 0 Å². The molecule has 12 heavy (non-hydrogen) atoms. The second kappa shape index (κ2) is 7.03. The smallest absolute Gasteiger partial charge is 0.332 e. The maximum absolute atomic E-state index is 10.8. The lowest BCUT2D eigenvalue weighted by molar-refractivity contribution is -0.137.